The molecule has 4 saturated heterocycles. The van der Waals surface area contributed by atoms with Gasteiger partial charge in [-0.25, -0.2) is 8.78 Å². The van der Waals surface area contributed by atoms with E-state index in [1.807, 2.05) is 25.1 Å². The molecule has 16 heteroatoms. The molecule has 2 amide bonds. The van der Waals surface area contributed by atoms with Crippen LogP contribution in [0.2, 0.25) is 0 Å². The summed E-state index contributed by atoms with van der Waals surface area (Å²) in [7, 11) is 0. The van der Waals surface area contributed by atoms with Crippen molar-refractivity contribution in [3.05, 3.63) is 71.6 Å². The van der Waals surface area contributed by atoms with Crippen LogP contribution in [0.15, 0.2) is 48.7 Å². The molecule has 4 N–H and O–H groups in total. The van der Waals surface area contributed by atoms with Crippen LogP contribution in [0.25, 0.3) is 43.8 Å². The second-order valence-corrected chi connectivity index (χ2v) is 20.4. The number of fused-ring (bicyclic) bond motifs is 3. The number of aryl methyl sites for hydroxylation is 1. The molecule has 6 fully saturated rings. The van der Waals surface area contributed by atoms with Gasteiger partial charge in [0.05, 0.1) is 41.5 Å². The molecule has 3 aromatic heterocycles. The summed E-state index contributed by atoms with van der Waals surface area (Å²) in [6.45, 7) is 7.29. The number of aromatic hydroxyl groups is 1. The van der Waals surface area contributed by atoms with Gasteiger partial charge in [0, 0.05) is 61.1 Å². The maximum absolute atomic E-state index is 17.2. The number of ether oxygens (including phenoxy) is 2. The zero-order valence-corrected chi connectivity index (χ0v) is 37.7. The van der Waals surface area contributed by atoms with Gasteiger partial charge in [-0.05, 0) is 123 Å². The van der Waals surface area contributed by atoms with E-state index in [1.54, 1.807) is 18.3 Å². The van der Waals surface area contributed by atoms with E-state index in [9.17, 15) is 14.7 Å². The molecule has 3 aromatic carbocycles. The predicted octanol–water partition coefficient (Wildman–Crippen LogP) is 8.06. The van der Waals surface area contributed by atoms with Crippen molar-refractivity contribution in [3.8, 4) is 23.0 Å². The molecule has 0 bridgehead atoms. The van der Waals surface area contributed by atoms with Gasteiger partial charge >= 0.3 is 6.01 Å². The van der Waals surface area contributed by atoms with E-state index in [0.29, 0.717) is 77.0 Å². The number of H-pyrrole nitrogens is 1. The highest BCUT2D eigenvalue weighted by molar-refractivity contribution is 6.04. The van der Waals surface area contributed by atoms with Gasteiger partial charge in [0.1, 0.15) is 34.1 Å². The zero-order chi connectivity index (χ0) is 45.7. The number of halogens is 2. The molecule has 12 rings (SSSR count). The lowest BCUT2D eigenvalue weighted by molar-refractivity contribution is -0.151. The number of hydrogen-bond acceptors (Lipinski definition) is 12. The van der Waals surface area contributed by atoms with Gasteiger partial charge < -0.3 is 29.7 Å². The van der Waals surface area contributed by atoms with Crippen LogP contribution in [-0.2, 0) is 20.7 Å². The molecule has 67 heavy (non-hydrogen) atoms. The van der Waals surface area contributed by atoms with E-state index in [0.717, 1.165) is 113 Å². The molecule has 2 spiro atoms. The highest BCUT2D eigenvalue weighted by Crippen LogP contribution is 2.53. The number of hydrogen-bond donors (Lipinski definition) is 4. The lowest BCUT2D eigenvalue weighted by Gasteiger charge is -2.53. The lowest BCUT2D eigenvalue weighted by Crippen LogP contribution is -2.56. The molecule has 2 aliphatic carbocycles. The summed E-state index contributed by atoms with van der Waals surface area (Å²) in [6, 6.07) is 12.5. The number of amides is 2. The zero-order valence-electron chi connectivity index (χ0n) is 37.7. The van der Waals surface area contributed by atoms with Crippen molar-refractivity contribution >= 4 is 55.9 Å². The van der Waals surface area contributed by atoms with Crippen LogP contribution in [0.1, 0.15) is 94.7 Å². The van der Waals surface area contributed by atoms with Crippen molar-refractivity contribution in [1.82, 2.24) is 35.4 Å². The average Bonchev–Trinajstić information content (AvgIpc) is 3.94. The Bertz CT molecular complexity index is 2970. The van der Waals surface area contributed by atoms with E-state index in [-0.39, 0.29) is 45.8 Å². The van der Waals surface area contributed by atoms with Gasteiger partial charge in [-0.15, -0.1) is 0 Å². The van der Waals surface area contributed by atoms with Crippen LogP contribution in [0.3, 0.4) is 0 Å². The minimum Gasteiger partial charge on any atom is -0.508 e. The maximum atomic E-state index is 17.2. The van der Waals surface area contributed by atoms with Gasteiger partial charge in [-0.2, -0.15) is 15.1 Å². The molecule has 7 heterocycles. The number of likely N-dealkylation sites (tertiary alicyclic amines) is 1. The quantitative estimate of drug-likeness (QED) is 0.0924. The van der Waals surface area contributed by atoms with Crippen LogP contribution in [-0.4, -0.2) is 105 Å². The second kappa shape index (κ2) is 16.1. The third kappa shape index (κ3) is 7.50. The number of anilines is 2. The highest BCUT2D eigenvalue weighted by Gasteiger charge is 2.50. The van der Waals surface area contributed by atoms with Gasteiger partial charge in [0.25, 0.3) is 0 Å². The number of aromatic amines is 1. The molecule has 4 aliphatic heterocycles. The number of nitrogens with one attached hydrogen (secondary N) is 3. The van der Waals surface area contributed by atoms with Gasteiger partial charge in [-0.1, -0.05) is 25.1 Å². The van der Waals surface area contributed by atoms with Crippen LogP contribution in [0.5, 0.6) is 11.8 Å². The van der Waals surface area contributed by atoms with Crippen molar-refractivity contribution in [2.24, 2.45) is 10.8 Å². The second-order valence-electron chi connectivity index (χ2n) is 20.4. The van der Waals surface area contributed by atoms with Crippen molar-refractivity contribution in [3.63, 3.8) is 0 Å². The number of carbonyl (C=O) groups is 2. The fourth-order valence-corrected chi connectivity index (χ4v) is 12.1. The number of nitrogens with zero attached hydrogens (tertiary/aromatic N) is 6. The number of rotatable bonds is 11. The molecular weight excluding hydrogens is 857 g/mol. The third-order valence-corrected chi connectivity index (χ3v) is 16.1. The van der Waals surface area contributed by atoms with Gasteiger partial charge in [0.15, 0.2) is 5.82 Å². The summed E-state index contributed by atoms with van der Waals surface area (Å²) < 4.78 is 45.1. The predicted molar refractivity (Wildman–Crippen MR) is 249 cm³/mol. The Morgan fingerprint density at radius 2 is 1.82 bits per heavy atom. The number of para-hydroxylation sites is 1. The summed E-state index contributed by atoms with van der Waals surface area (Å²) in [5.74, 6) is -1.50. The number of benzene rings is 3. The summed E-state index contributed by atoms with van der Waals surface area (Å²) in [4.78, 5) is 43.5. The number of imide groups is 1. The van der Waals surface area contributed by atoms with Gasteiger partial charge in [0.2, 0.25) is 11.8 Å². The largest absolute Gasteiger partial charge is 0.508 e. The van der Waals surface area contributed by atoms with Crippen LogP contribution < -0.4 is 20.3 Å². The smallest absolute Gasteiger partial charge is 0.319 e. The Labute approximate surface area is 386 Å². The Morgan fingerprint density at radius 3 is 2.58 bits per heavy atom. The minimum absolute atomic E-state index is 0.0208. The Hall–Kier alpha value is -6.00. The molecule has 0 radical (unpaired) electrons. The van der Waals surface area contributed by atoms with Crippen LogP contribution in [0.4, 0.5) is 20.3 Å². The number of piperidine rings is 3. The van der Waals surface area contributed by atoms with Crippen molar-refractivity contribution < 1.29 is 33.0 Å². The van der Waals surface area contributed by atoms with E-state index < -0.39 is 17.6 Å². The number of carbonyl (C=O) groups excluding carboxylic acids is 2. The first-order chi connectivity index (χ1) is 32.5. The standard InChI is InChI=1S/C51H55F2N9O5/c1-2-32-37(52)9-7-29-21-31(63)22-35(40(29)32)44-41(53)45-36(25-54-44)46(62-17-4-11-51(27-62)16-20-67-51)58-48(57-45)66-28-50(12-13-50)26-61-18-14-49(15-19-61)23-30(24-49)55-38-6-3-5-33-42(59-60-43(33)38)34-8-10-39(64)56-47(34)65/h3,5-7,9,21-22,25,30,34,55,63H,2,4,8,10-20,23-24,26-28H2,1H3,(H,59,60)(H,56,64,65). The first-order valence-corrected chi connectivity index (χ1v) is 24.1. The molecule has 14 nitrogen and oxygen atoms in total. The number of phenols is 1. The molecule has 2 atom stereocenters. The van der Waals surface area contributed by atoms with E-state index in [4.69, 9.17) is 19.4 Å². The fraction of sp³-hybridized carbons (Fsp3) is 0.490. The molecule has 6 aliphatic rings. The van der Waals surface area contributed by atoms with Crippen LogP contribution >= 0.6 is 0 Å². The third-order valence-electron chi connectivity index (χ3n) is 16.1. The van der Waals surface area contributed by atoms with Gasteiger partial charge in [-0.3, -0.25) is 25.0 Å². The highest BCUT2D eigenvalue weighted by atomic mass is 19.1. The number of phenolic OH excluding ortho intramolecular Hbond substituents is 1. The summed E-state index contributed by atoms with van der Waals surface area (Å²) in [5.41, 5.74) is 3.34. The Kier molecular flexibility index (Phi) is 10.2. The summed E-state index contributed by atoms with van der Waals surface area (Å²) in [5, 5.41) is 27.2. The van der Waals surface area contributed by atoms with E-state index in [1.165, 1.54) is 12.1 Å². The number of aromatic nitrogens is 5. The Balaban J connectivity index is 0.739. The first kappa shape index (κ1) is 42.4. The van der Waals surface area contributed by atoms with Crippen molar-refractivity contribution in [1.29, 1.82) is 0 Å². The molecule has 348 valence electrons. The van der Waals surface area contributed by atoms with Crippen molar-refractivity contribution in [2.75, 3.05) is 56.2 Å². The van der Waals surface area contributed by atoms with Crippen LogP contribution in [0, 0.1) is 22.5 Å². The fourth-order valence-electron chi connectivity index (χ4n) is 12.1. The monoisotopic (exact) mass is 911 g/mol. The minimum atomic E-state index is -0.676. The number of pyridine rings is 1. The maximum Gasteiger partial charge on any atom is 0.319 e. The first-order valence-electron chi connectivity index (χ1n) is 24.1. The van der Waals surface area contributed by atoms with E-state index >= 15 is 8.78 Å². The summed E-state index contributed by atoms with van der Waals surface area (Å²) >= 11 is 0. The molecule has 6 aromatic rings. The SMILES string of the molecule is CCc1c(F)ccc2cc(O)cc(-c3ncc4c(N5CCCC6(CCO6)C5)nc(OCC5(CN6CCC7(CC6)CC(Nc6cccc8c(C9CCC(=O)NC9=O)[nH]nc68)C7)CC5)nc4c3F)c12. The van der Waals surface area contributed by atoms with Crippen molar-refractivity contribution in [2.45, 2.75) is 102 Å². The molecular formula is C51H55F2N9O5. The Morgan fingerprint density at radius 1 is 0.985 bits per heavy atom. The molecule has 2 saturated carbocycles. The van der Waals surface area contributed by atoms with E-state index in [2.05, 4.69) is 35.6 Å². The normalized spacial score (nSPS) is 23.7. The topological polar surface area (TPSA) is 171 Å². The molecule has 2 unspecified atom stereocenters. The summed E-state index contributed by atoms with van der Waals surface area (Å²) in [6.07, 6.45) is 12.1. The lowest BCUT2D eigenvalue weighted by atomic mass is 9.60. The average molecular weight is 912 g/mol.